The number of cyclic esters (lactones) is 1. The van der Waals surface area contributed by atoms with E-state index in [-0.39, 0.29) is 12.0 Å². The molecule has 9 nitrogen and oxygen atoms in total. The van der Waals surface area contributed by atoms with Crippen LogP contribution in [0.25, 0.3) is 17.0 Å². The van der Waals surface area contributed by atoms with Crippen LogP contribution in [-0.2, 0) is 22.6 Å². The summed E-state index contributed by atoms with van der Waals surface area (Å²) in [6, 6.07) is 8.02. The van der Waals surface area contributed by atoms with Crippen molar-refractivity contribution in [1.82, 2.24) is 29.2 Å². The summed E-state index contributed by atoms with van der Waals surface area (Å²) in [6.45, 7) is 5.48. The van der Waals surface area contributed by atoms with Crippen LogP contribution in [-0.4, -0.2) is 61.7 Å². The zero-order valence-electron chi connectivity index (χ0n) is 15.7. The smallest absolute Gasteiger partial charge is 0.410 e. The molecule has 5 rings (SSSR count). The average Bonchev–Trinajstić information content (AvgIpc) is 3.48. The molecule has 0 saturated carbocycles. The van der Waals surface area contributed by atoms with Gasteiger partial charge in [-0.15, -0.1) is 5.10 Å². The van der Waals surface area contributed by atoms with E-state index in [1.807, 2.05) is 18.2 Å². The second-order valence-corrected chi connectivity index (χ2v) is 7.04. The number of benzene rings is 1. The third-order valence-corrected chi connectivity index (χ3v) is 5.30. The largest absolute Gasteiger partial charge is 0.448 e. The van der Waals surface area contributed by atoms with E-state index < -0.39 is 0 Å². The third-order valence-electron chi connectivity index (χ3n) is 5.30. The molecule has 2 aromatic heterocycles. The van der Waals surface area contributed by atoms with E-state index in [4.69, 9.17) is 24.5 Å². The maximum atomic E-state index is 12.0. The van der Waals surface area contributed by atoms with Crippen LogP contribution in [0, 0.1) is 0 Å². The van der Waals surface area contributed by atoms with Crippen LogP contribution in [0.3, 0.4) is 0 Å². The Balaban J connectivity index is 1.61. The first-order valence-electron chi connectivity index (χ1n) is 9.65. The fourth-order valence-corrected chi connectivity index (χ4v) is 3.81. The van der Waals surface area contributed by atoms with Crippen molar-refractivity contribution in [1.29, 1.82) is 0 Å². The highest BCUT2D eigenvalue weighted by atomic mass is 16.6. The number of rotatable bonds is 5. The van der Waals surface area contributed by atoms with Gasteiger partial charge in [0.25, 0.3) is 0 Å². The van der Waals surface area contributed by atoms with E-state index >= 15 is 0 Å². The fourth-order valence-electron chi connectivity index (χ4n) is 3.81. The maximum Gasteiger partial charge on any atom is 0.410 e. The number of aromatic nitrogens is 5. The predicted molar refractivity (Wildman–Crippen MR) is 100 cm³/mol. The molecule has 1 atom stereocenters. The molecular weight excluding hydrogens is 360 g/mol. The molecule has 1 aromatic carbocycles. The summed E-state index contributed by atoms with van der Waals surface area (Å²) < 4.78 is 14.5. The molecule has 2 fully saturated rings. The van der Waals surface area contributed by atoms with Crippen LogP contribution in [0.15, 0.2) is 24.3 Å². The van der Waals surface area contributed by atoms with Gasteiger partial charge in [0, 0.05) is 19.1 Å². The van der Waals surface area contributed by atoms with Crippen molar-refractivity contribution < 1.29 is 14.3 Å². The molecule has 0 radical (unpaired) electrons. The molecule has 4 heterocycles. The highest BCUT2D eigenvalue weighted by Gasteiger charge is 2.29. The van der Waals surface area contributed by atoms with E-state index in [0.717, 1.165) is 36.4 Å². The van der Waals surface area contributed by atoms with Crippen molar-refractivity contribution in [3.05, 3.63) is 35.9 Å². The van der Waals surface area contributed by atoms with Gasteiger partial charge in [-0.1, -0.05) is 12.1 Å². The zero-order valence-corrected chi connectivity index (χ0v) is 15.7. The van der Waals surface area contributed by atoms with Crippen LogP contribution < -0.4 is 0 Å². The fraction of sp³-hybridized carbons (Fsp3) is 0.474. The summed E-state index contributed by atoms with van der Waals surface area (Å²) in [5.41, 5.74) is 1.96. The van der Waals surface area contributed by atoms with E-state index in [0.29, 0.717) is 38.1 Å². The molecule has 1 unspecified atom stereocenters. The van der Waals surface area contributed by atoms with Gasteiger partial charge in [0.05, 0.1) is 30.7 Å². The lowest BCUT2D eigenvalue weighted by molar-refractivity contribution is 0.156. The number of aryl methyl sites for hydroxylation is 1. The first kappa shape index (κ1) is 17.2. The summed E-state index contributed by atoms with van der Waals surface area (Å²) in [4.78, 5) is 23.2. The first-order chi connectivity index (χ1) is 13.7. The van der Waals surface area contributed by atoms with Crippen LogP contribution in [0.2, 0.25) is 0 Å². The Morgan fingerprint density at radius 1 is 1.21 bits per heavy atom. The standard InChI is InChI=1S/C19H22N6O3/c1-2-24-15-6-4-3-5-14(15)20-18(24)25-16(11-23-8-10-28-19(23)26)21-17(22-25)13-7-9-27-12-13/h3-6,13H,2,7-12H2,1H3. The summed E-state index contributed by atoms with van der Waals surface area (Å²) in [6.07, 6.45) is 0.587. The molecule has 2 saturated heterocycles. The number of ether oxygens (including phenoxy) is 2. The SMILES string of the molecule is CCn1c(-n2nc(C3CCOC3)nc2CN2CCOC2=O)nc2ccccc21. The van der Waals surface area contributed by atoms with Gasteiger partial charge < -0.3 is 14.0 Å². The van der Waals surface area contributed by atoms with Crippen molar-refractivity contribution in [2.75, 3.05) is 26.4 Å². The number of fused-ring (bicyclic) bond motifs is 1. The average molecular weight is 382 g/mol. The zero-order chi connectivity index (χ0) is 19.1. The van der Waals surface area contributed by atoms with E-state index in [9.17, 15) is 4.79 Å². The number of amides is 1. The molecular formula is C19H22N6O3. The van der Waals surface area contributed by atoms with E-state index in [2.05, 4.69) is 17.6 Å². The number of imidazole rings is 1. The Kier molecular flexibility index (Phi) is 4.23. The second-order valence-electron chi connectivity index (χ2n) is 7.04. The highest BCUT2D eigenvalue weighted by Crippen LogP contribution is 2.26. The topological polar surface area (TPSA) is 87.3 Å². The lowest BCUT2D eigenvalue weighted by Crippen LogP contribution is -2.26. The molecule has 2 aliphatic heterocycles. The summed E-state index contributed by atoms with van der Waals surface area (Å²) in [5.74, 6) is 2.31. The molecule has 3 aromatic rings. The molecule has 0 aliphatic carbocycles. The number of carbonyl (C=O) groups excluding carboxylic acids is 1. The predicted octanol–water partition coefficient (Wildman–Crippen LogP) is 2.09. The molecule has 28 heavy (non-hydrogen) atoms. The third kappa shape index (κ3) is 2.82. The summed E-state index contributed by atoms with van der Waals surface area (Å²) in [7, 11) is 0. The maximum absolute atomic E-state index is 12.0. The van der Waals surface area contributed by atoms with Crippen LogP contribution >= 0.6 is 0 Å². The molecule has 146 valence electrons. The highest BCUT2D eigenvalue weighted by molar-refractivity contribution is 5.77. The van der Waals surface area contributed by atoms with Crippen LogP contribution in [0.5, 0.6) is 0 Å². The Morgan fingerprint density at radius 3 is 2.86 bits per heavy atom. The molecule has 0 N–H and O–H groups in total. The number of hydrogen-bond acceptors (Lipinski definition) is 6. The monoisotopic (exact) mass is 382 g/mol. The van der Waals surface area contributed by atoms with Gasteiger partial charge in [0.2, 0.25) is 5.95 Å². The molecule has 0 spiro atoms. The number of carbonyl (C=O) groups is 1. The van der Waals surface area contributed by atoms with E-state index in [1.54, 1.807) is 9.58 Å². The first-order valence-corrected chi connectivity index (χ1v) is 9.65. The van der Waals surface area contributed by atoms with Crippen LogP contribution in [0.1, 0.15) is 30.9 Å². The van der Waals surface area contributed by atoms with Gasteiger partial charge in [-0.3, -0.25) is 4.90 Å². The van der Waals surface area contributed by atoms with Gasteiger partial charge in [-0.2, -0.15) is 4.68 Å². The van der Waals surface area contributed by atoms with Crippen molar-refractivity contribution >= 4 is 17.1 Å². The quantitative estimate of drug-likeness (QED) is 0.672. The molecule has 2 aliphatic rings. The second kappa shape index (κ2) is 6.90. The minimum Gasteiger partial charge on any atom is -0.448 e. The van der Waals surface area contributed by atoms with Crippen molar-refractivity contribution in [2.24, 2.45) is 0 Å². The van der Waals surface area contributed by atoms with Crippen molar-refractivity contribution in [3.8, 4) is 5.95 Å². The summed E-state index contributed by atoms with van der Waals surface area (Å²) in [5, 5.41) is 4.80. The summed E-state index contributed by atoms with van der Waals surface area (Å²) >= 11 is 0. The lowest BCUT2D eigenvalue weighted by atomic mass is 10.1. The Hall–Kier alpha value is -2.94. The minimum absolute atomic E-state index is 0.171. The molecule has 9 heteroatoms. The van der Waals surface area contributed by atoms with Crippen molar-refractivity contribution in [2.45, 2.75) is 32.4 Å². The Morgan fingerprint density at radius 2 is 2.11 bits per heavy atom. The van der Waals surface area contributed by atoms with Gasteiger partial charge in [-0.05, 0) is 25.5 Å². The van der Waals surface area contributed by atoms with Gasteiger partial charge in [-0.25, -0.2) is 14.8 Å². The van der Waals surface area contributed by atoms with Gasteiger partial charge in [0.15, 0.2) is 11.6 Å². The Labute approximate surface area is 161 Å². The van der Waals surface area contributed by atoms with Crippen molar-refractivity contribution in [3.63, 3.8) is 0 Å². The number of para-hydroxylation sites is 2. The number of nitrogens with zero attached hydrogens (tertiary/aromatic N) is 6. The van der Waals surface area contributed by atoms with Crippen LogP contribution in [0.4, 0.5) is 4.79 Å². The molecule has 1 amide bonds. The minimum atomic E-state index is -0.315. The van der Waals surface area contributed by atoms with Gasteiger partial charge in [0.1, 0.15) is 6.61 Å². The number of hydrogen-bond donors (Lipinski definition) is 0. The normalized spacial score (nSPS) is 19.7. The molecule has 0 bridgehead atoms. The lowest BCUT2D eigenvalue weighted by Gasteiger charge is -2.13. The van der Waals surface area contributed by atoms with E-state index in [1.165, 1.54) is 0 Å². The Bertz CT molecular complexity index is 1020. The van der Waals surface area contributed by atoms with Gasteiger partial charge >= 0.3 is 6.09 Å².